The predicted octanol–water partition coefficient (Wildman–Crippen LogP) is 1.48. The summed E-state index contributed by atoms with van der Waals surface area (Å²) >= 11 is 0. The molecule has 5 heteroatoms. The first-order chi connectivity index (χ1) is 8.36. The van der Waals surface area contributed by atoms with Crippen molar-refractivity contribution < 1.29 is 9.53 Å². The zero-order chi connectivity index (χ0) is 11.9. The van der Waals surface area contributed by atoms with Gasteiger partial charge in [0.2, 0.25) is 5.91 Å². The Labute approximate surface area is 116 Å². The van der Waals surface area contributed by atoms with E-state index < -0.39 is 0 Å². The maximum atomic E-state index is 11.8. The van der Waals surface area contributed by atoms with Crippen molar-refractivity contribution in [3.05, 3.63) is 0 Å². The third-order valence-corrected chi connectivity index (χ3v) is 3.81. The van der Waals surface area contributed by atoms with E-state index >= 15 is 0 Å². The molecule has 2 rings (SSSR count). The van der Waals surface area contributed by atoms with Crippen LogP contribution < -0.4 is 10.6 Å². The molecule has 0 spiro atoms. The van der Waals surface area contributed by atoms with Gasteiger partial charge in [-0.05, 0) is 12.3 Å². The van der Waals surface area contributed by atoms with E-state index in [4.69, 9.17) is 4.74 Å². The zero-order valence-corrected chi connectivity index (χ0v) is 11.8. The van der Waals surface area contributed by atoms with Crippen molar-refractivity contribution in [1.29, 1.82) is 0 Å². The lowest BCUT2D eigenvalue weighted by Crippen LogP contribution is -2.51. The van der Waals surface area contributed by atoms with E-state index in [0.717, 1.165) is 25.4 Å². The summed E-state index contributed by atoms with van der Waals surface area (Å²) in [6, 6.07) is -0.143. The average molecular weight is 277 g/mol. The van der Waals surface area contributed by atoms with Crippen molar-refractivity contribution in [3.63, 3.8) is 0 Å². The number of rotatable bonds is 4. The van der Waals surface area contributed by atoms with Crippen LogP contribution in [0, 0.1) is 5.92 Å². The SMILES string of the molecule is Cl.O=C(NCCC1CCCCC1)C1COCCN1. The highest BCUT2D eigenvalue weighted by molar-refractivity contribution is 5.85. The second kappa shape index (κ2) is 8.73. The van der Waals surface area contributed by atoms with Gasteiger partial charge in [0.15, 0.2) is 0 Å². The molecule has 1 heterocycles. The maximum absolute atomic E-state index is 11.8. The van der Waals surface area contributed by atoms with Gasteiger partial charge in [-0.2, -0.15) is 0 Å². The fraction of sp³-hybridized carbons (Fsp3) is 0.923. The van der Waals surface area contributed by atoms with E-state index in [9.17, 15) is 4.79 Å². The van der Waals surface area contributed by atoms with Crippen LogP contribution in [-0.2, 0) is 9.53 Å². The van der Waals surface area contributed by atoms with Crippen LogP contribution in [0.4, 0.5) is 0 Å². The summed E-state index contributed by atoms with van der Waals surface area (Å²) in [5, 5.41) is 6.19. The van der Waals surface area contributed by atoms with Gasteiger partial charge >= 0.3 is 0 Å². The fourth-order valence-corrected chi connectivity index (χ4v) is 2.73. The van der Waals surface area contributed by atoms with Gasteiger partial charge < -0.3 is 15.4 Å². The number of halogens is 1. The molecule has 18 heavy (non-hydrogen) atoms. The lowest BCUT2D eigenvalue weighted by molar-refractivity contribution is -0.125. The second-order valence-electron chi connectivity index (χ2n) is 5.17. The van der Waals surface area contributed by atoms with E-state index in [1.807, 2.05) is 0 Å². The predicted molar refractivity (Wildman–Crippen MR) is 74.1 cm³/mol. The van der Waals surface area contributed by atoms with Crippen LogP contribution in [0.1, 0.15) is 38.5 Å². The van der Waals surface area contributed by atoms with Gasteiger partial charge in [0, 0.05) is 13.1 Å². The minimum atomic E-state index is -0.143. The summed E-state index contributed by atoms with van der Waals surface area (Å²) in [5.41, 5.74) is 0. The Kier molecular flexibility index (Phi) is 7.63. The Morgan fingerprint density at radius 1 is 1.28 bits per heavy atom. The number of carbonyl (C=O) groups excluding carboxylic acids is 1. The number of ether oxygens (including phenoxy) is 1. The highest BCUT2D eigenvalue weighted by Gasteiger charge is 2.21. The van der Waals surface area contributed by atoms with Gasteiger partial charge in [0.25, 0.3) is 0 Å². The van der Waals surface area contributed by atoms with E-state index in [2.05, 4.69) is 10.6 Å². The quantitative estimate of drug-likeness (QED) is 0.818. The molecule has 106 valence electrons. The molecule has 1 aliphatic heterocycles. The molecule has 1 saturated heterocycles. The number of hydrogen-bond acceptors (Lipinski definition) is 3. The van der Waals surface area contributed by atoms with Crippen LogP contribution >= 0.6 is 12.4 Å². The van der Waals surface area contributed by atoms with E-state index in [0.29, 0.717) is 13.2 Å². The first kappa shape index (κ1) is 15.7. The van der Waals surface area contributed by atoms with E-state index in [1.165, 1.54) is 32.1 Å². The Morgan fingerprint density at radius 3 is 2.72 bits per heavy atom. The number of morpholine rings is 1. The summed E-state index contributed by atoms with van der Waals surface area (Å²) in [7, 11) is 0. The average Bonchev–Trinajstić information content (AvgIpc) is 2.41. The number of amides is 1. The van der Waals surface area contributed by atoms with Gasteiger partial charge in [-0.3, -0.25) is 4.79 Å². The van der Waals surface area contributed by atoms with Crippen molar-refractivity contribution >= 4 is 18.3 Å². The molecule has 0 radical (unpaired) electrons. The maximum Gasteiger partial charge on any atom is 0.239 e. The summed E-state index contributed by atoms with van der Waals surface area (Å²) in [5.74, 6) is 0.931. The van der Waals surface area contributed by atoms with Crippen molar-refractivity contribution in [2.24, 2.45) is 5.92 Å². The molecule has 0 aromatic rings. The summed E-state index contributed by atoms with van der Waals surface area (Å²) in [6.07, 6.45) is 7.97. The highest BCUT2D eigenvalue weighted by Crippen LogP contribution is 2.25. The van der Waals surface area contributed by atoms with Crippen LogP contribution in [-0.4, -0.2) is 38.3 Å². The summed E-state index contributed by atoms with van der Waals surface area (Å²) in [6.45, 7) is 2.82. The van der Waals surface area contributed by atoms with Crippen LogP contribution in [0.25, 0.3) is 0 Å². The van der Waals surface area contributed by atoms with Gasteiger partial charge in [-0.1, -0.05) is 32.1 Å². The minimum Gasteiger partial charge on any atom is -0.378 e. The molecule has 2 aliphatic rings. The lowest BCUT2D eigenvalue weighted by atomic mass is 9.87. The van der Waals surface area contributed by atoms with Crippen LogP contribution in [0.15, 0.2) is 0 Å². The third-order valence-electron chi connectivity index (χ3n) is 3.81. The smallest absolute Gasteiger partial charge is 0.239 e. The zero-order valence-electron chi connectivity index (χ0n) is 11.0. The standard InChI is InChI=1S/C13H24N2O2.ClH/c16-13(12-10-17-9-8-14-12)15-7-6-11-4-2-1-3-5-11;/h11-12,14H,1-10H2,(H,15,16);1H. The minimum absolute atomic E-state index is 0. The molecule has 2 N–H and O–H groups in total. The first-order valence-corrected chi connectivity index (χ1v) is 6.95. The van der Waals surface area contributed by atoms with Gasteiger partial charge in [-0.15, -0.1) is 12.4 Å². The van der Waals surface area contributed by atoms with Crippen molar-refractivity contribution in [3.8, 4) is 0 Å². The molecule has 0 aromatic heterocycles. The van der Waals surface area contributed by atoms with Gasteiger partial charge in [-0.25, -0.2) is 0 Å². The Bertz CT molecular complexity index is 239. The van der Waals surface area contributed by atoms with E-state index in [1.54, 1.807) is 0 Å². The molecule has 0 aromatic carbocycles. The first-order valence-electron chi connectivity index (χ1n) is 6.95. The van der Waals surface area contributed by atoms with E-state index in [-0.39, 0.29) is 24.4 Å². The van der Waals surface area contributed by atoms with Gasteiger partial charge in [0.1, 0.15) is 6.04 Å². The Hall–Kier alpha value is -0.320. The monoisotopic (exact) mass is 276 g/mol. The normalized spacial score (nSPS) is 25.2. The number of carbonyl (C=O) groups is 1. The Balaban J connectivity index is 0.00000162. The summed E-state index contributed by atoms with van der Waals surface area (Å²) in [4.78, 5) is 11.8. The topological polar surface area (TPSA) is 50.4 Å². The van der Waals surface area contributed by atoms with Crippen LogP contribution in [0.3, 0.4) is 0 Å². The fourth-order valence-electron chi connectivity index (χ4n) is 2.73. The second-order valence-corrected chi connectivity index (χ2v) is 5.17. The third kappa shape index (κ3) is 5.12. The van der Waals surface area contributed by atoms with Crippen molar-refractivity contribution in [1.82, 2.24) is 10.6 Å². The molecule has 1 saturated carbocycles. The molecule has 1 atom stereocenters. The van der Waals surface area contributed by atoms with Crippen LogP contribution in [0.5, 0.6) is 0 Å². The number of nitrogens with one attached hydrogen (secondary N) is 2. The number of hydrogen-bond donors (Lipinski definition) is 2. The van der Waals surface area contributed by atoms with Gasteiger partial charge in [0.05, 0.1) is 13.2 Å². The molecular weight excluding hydrogens is 252 g/mol. The molecule has 2 fully saturated rings. The largest absolute Gasteiger partial charge is 0.378 e. The molecule has 0 bridgehead atoms. The molecule has 4 nitrogen and oxygen atoms in total. The molecule has 1 amide bonds. The van der Waals surface area contributed by atoms with Crippen molar-refractivity contribution in [2.45, 2.75) is 44.6 Å². The summed E-state index contributed by atoms with van der Waals surface area (Å²) < 4.78 is 5.28. The Morgan fingerprint density at radius 2 is 2.06 bits per heavy atom. The molecular formula is C13H25ClN2O2. The van der Waals surface area contributed by atoms with Crippen LogP contribution in [0.2, 0.25) is 0 Å². The van der Waals surface area contributed by atoms with Crippen molar-refractivity contribution in [2.75, 3.05) is 26.3 Å². The molecule has 1 unspecified atom stereocenters. The molecule has 1 aliphatic carbocycles. The highest BCUT2D eigenvalue weighted by atomic mass is 35.5. The lowest BCUT2D eigenvalue weighted by Gasteiger charge is -2.24.